The summed E-state index contributed by atoms with van der Waals surface area (Å²) in [6, 6.07) is 51.7. The van der Waals surface area contributed by atoms with Crippen molar-refractivity contribution in [3.8, 4) is 56.2 Å². The van der Waals surface area contributed by atoms with Crippen LogP contribution in [-0.4, -0.2) is 9.97 Å². The highest BCUT2D eigenvalue weighted by Crippen LogP contribution is 2.54. The first-order valence-corrected chi connectivity index (χ1v) is 14.8. The molecule has 0 saturated heterocycles. The molecule has 204 valence electrons. The Morgan fingerprint density at radius 1 is 0.465 bits per heavy atom. The predicted octanol–water partition coefficient (Wildman–Crippen LogP) is 10.6. The normalized spacial score (nSPS) is 13.1. The first-order chi connectivity index (χ1) is 21.1. The summed E-state index contributed by atoms with van der Waals surface area (Å²) in [4.78, 5) is 10.1. The van der Waals surface area contributed by atoms with Crippen molar-refractivity contribution in [1.82, 2.24) is 9.97 Å². The third kappa shape index (κ3) is 4.18. The molecule has 0 saturated carbocycles. The molecule has 1 aromatic heterocycles. The van der Waals surface area contributed by atoms with Crippen molar-refractivity contribution in [3.63, 3.8) is 0 Å². The quantitative estimate of drug-likeness (QED) is 0.218. The first kappa shape index (κ1) is 25.4. The summed E-state index contributed by atoms with van der Waals surface area (Å²) in [6.07, 6.45) is 0. The smallest absolute Gasteiger partial charge is 0.160 e. The van der Waals surface area contributed by atoms with Gasteiger partial charge in [-0.2, -0.15) is 0 Å². The lowest BCUT2D eigenvalue weighted by Gasteiger charge is -2.24. The maximum atomic E-state index is 5.10. The second-order valence-electron chi connectivity index (χ2n) is 11.8. The summed E-state index contributed by atoms with van der Waals surface area (Å²) >= 11 is 0. The van der Waals surface area contributed by atoms with Crippen LogP contribution < -0.4 is 0 Å². The molecular weight excluding hydrogens is 520 g/mol. The van der Waals surface area contributed by atoms with Crippen molar-refractivity contribution < 1.29 is 0 Å². The Balaban J connectivity index is 1.35. The van der Waals surface area contributed by atoms with Crippen LogP contribution in [0.25, 0.3) is 66.9 Å². The van der Waals surface area contributed by atoms with Gasteiger partial charge in [-0.3, -0.25) is 0 Å². The molecule has 0 radical (unpaired) electrons. The van der Waals surface area contributed by atoms with Crippen LogP contribution in [-0.2, 0) is 5.41 Å². The van der Waals surface area contributed by atoms with E-state index in [9.17, 15) is 0 Å². The highest BCUT2D eigenvalue weighted by molar-refractivity contribution is 6.05. The van der Waals surface area contributed by atoms with Gasteiger partial charge in [0.05, 0.1) is 11.4 Å². The van der Waals surface area contributed by atoms with Crippen molar-refractivity contribution >= 4 is 10.8 Å². The Labute approximate surface area is 252 Å². The van der Waals surface area contributed by atoms with E-state index >= 15 is 0 Å². The summed E-state index contributed by atoms with van der Waals surface area (Å²) in [6.45, 7) is 4.73. The van der Waals surface area contributed by atoms with E-state index in [1.54, 1.807) is 0 Å². The molecule has 0 fully saturated rings. The Bertz CT molecular complexity index is 2090. The van der Waals surface area contributed by atoms with Crippen molar-refractivity contribution in [2.24, 2.45) is 0 Å². The van der Waals surface area contributed by atoms with Crippen molar-refractivity contribution in [2.45, 2.75) is 19.3 Å². The molecule has 8 rings (SSSR count). The molecule has 1 aliphatic rings. The topological polar surface area (TPSA) is 25.8 Å². The van der Waals surface area contributed by atoms with Gasteiger partial charge in [-0.15, -0.1) is 0 Å². The second-order valence-corrected chi connectivity index (χ2v) is 11.8. The summed E-state index contributed by atoms with van der Waals surface area (Å²) < 4.78 is 0. The van der Waals surface area contributed by atoms with Gasteiger partial charge in [0.1, 0.15) is 0 Å². The highest BCUT2D eigenvalue weighted by Gasteiger charge is 2.38. The molecule has 0 atom stereocenters. The Hall–Kier alpha value is -5.34. The average Bonchev–Trinajstić information content (AvgIpc) is 3.32. The minimum absolute atomic E-state index is 0.0963. The molecule has 0 N–H and O–H groups in total. The van der Waals surface area contributed by atoms with Gasteiger partial charge in [-0.05, 0) is 62.4 Å². The van der Waals surface area contributed by atoms with Gasteiger partial charge in [-0.25, -0.2) is 9.97 Å². The predicted molar refractivity (Wildman–Crippen MR) is 179 cm³/mol. The van der Waals surface area contributed by atoms with E-state index in [2.05, 4.69) is 135 Å². The number of aromatic nitrogens is 2. The summed E-state index contributed by atoms with van der Waals surface area (Å²) in [5.41, 5.74) is 12.8. The van der Waals surface area contributed by atoms with Crippen LogP contribution in [0.15, 0.2) is 146 Å². The van der Waals surface area contributed by atoms with Gasteiger partial charge < -0.3 is 0 Å². The molecule has 7 aromatic rings. The van der Waals surface area contributed by atoms with E-state index in [0.29, 0.717) is 0 Å². The third-order valence-electron chi connectivity index (χ3n) is 8.84. The van der Waals surface area contributed by atoms with E-state index in [4.69, 9.17) is 9.97 Å². The molecule has 1 heterocycles. The van der Waals surface area contributed by atoms with Gasteiger partial charge in [0.25, 0.3) is 0 Å². The van der Waals surface area contributed by atoms with E-state index < -0.39 is 0 Å². The summed E-state index contributed by atoms with van der Waals surface area (Å²) in [7, 11) is 0. The number of nitrogens with zero attached hydrogens (tertiary/aromatic N) is 2. The summed E-state index contributed by atoms with van der Waals surface area (Å²) in [5, 5.41) is 2.59. The molecule has 0 unspecified atom stereocenters. The lowest BCUT2D eigenvalue weighted by Crippen LogP contribution is -2.15. The van der Waals surface area contributed by atoms with Crippen LogP contribution in [0.3, 0.4) is 0 Å². The maximum absolute atomic E-state index is 5.10. The molecule has 1 aliphatic carbocycles. The number of benzene rings is 6. The standard InChI is InChI=1S/C41H30N2/c1-41(2)35-23-12-11-22-33(35)38-34(25-30-18-9-10-21-32(30)39(38)41)29-19-13-20-31(24-29)37-26-36(27-14-5-3-6-15-27)42-40(43-37)28-16-7-4-8-17-28/h3-26H,1-2H3. The second kappa shape index (κ2) is 9.89. The number of hydrogen-bond donors (Lipinski definition) is 0. The first-order valence-electron chi connectivity index (χ1n) is 14.8. The minimum Gasteiger partial charge on any atom is -0.228 e. The molecule has 2 heteroatoms. The fourth-order valence-corrected chi connectivity index (χ4v) is 6.80. The molecule has 43 heavy (non-hydrogen) atoms. The van der Waals surface area contributed by atoms with E-state index in [1.807, 2.05) is 24.3 Å². The van der Waals surface area contributed by atoms with Crippen molar-refractivity contribution in [2.75, 3.05) is 0 Å². The zero-order valence-electron chi connectivity index (χ0n) is 24.3. The van der Waals surface area contributed by atoms with Gasteiger partial charge >= 0.3 is 0 Å². The van der Waals surface area contributed by atoms with Gasteiger partial charge in [0.15, 0.2) is 5.82 Å². The monoisotopic (exact) mass is 550 g/mol. The molecule has 0 bridgehead atoms. The van der Waals surface area contributed by atoms with Crippen LogP contribution in [0.4, 0.5) is 0 Å². The molecular formula is C41H30N2. The Kier molecular flexibility index (Phi) is 5.84. The zero-order valence-corrected chi connectivity index (χ0v) is 24.3. The fraction of sp³-hybridized carbons (Fsp3) is 0.0732. The molecule has 0 spiro atoms. The molecule has 0 amide bonds. The SMILES string of the molecule is CC1(C)c2ccccc2-c2c(-c3cccc(-c4cc(-c5ccccc5)nc(-c5ccccc5)n4)c3)cc3ccccc3c21. The Morgan fingerprint density at radius 2 is 1.07 bits per heavy atom. The number of fused-ring (bicyclic) bond motifs is 5. The third-order valence-corrected chi connectivity index (χ3v) is 8.84. The maximum Gasteiger partial charge on any atom is 0.160 e. The van der Waals surface area contributed by atoms with Crippen LogP contribution in [0.2, 0.25) is 0 Å². The zero-order chi connectivity index (χ0) is 29.0. The van der Waals surface area contributed by atoms with Crippen LogP contribution in [0.1, 0.15) is 25.0 Å². The van der Waals surface area contributed by atoms with E-state index in [1.165, 1.54) is 44.2 Å². The molecule has 0 aliphatic heterocycles. The van der Waals surface area contributed by atoms with E-state index in [-0.39, 0.29) is 5.41 Å². The Morgan fingerprint density at radius 3 is 1.86 bits per heavy atom. The van der Waals surface area contributed by atoms with Gasteiger partial charge in [0, 0.05) is 22.1 Å². The van der Waals surface area contributed by atoms with Crippen LogP contribution in [0, 0.1) is 0 Å². The fourth-order valence-electron chi connectivity index (χ4n) is 6.80. The average molecular weight is 551 g/mol. The lowest BCUT2D eigenvalue weighted by atomic mass is 9.79. The van der Waals surface area contributed by atoms with E-state index in [0.717, 1.165) is 33.9 Å². The van der Waals surface area contributed by atoms with Crippen molar-refractivity contribution in [1.29, 1.82) is 0 Å². The van der Waals surface area contributed by atoms with Gasteiger partial charge in [0.2, 0.25) is 0 Å². The van der Waals surface area contributed by atoms with Crippen molar-refractivity contribution in [3.05, 3.63) is 157 Å². The number of hydrogen-bond acceptors (Lipinski definition) is 2. The van der Waals surface area contributed by atoms with Gasteiger partial charge in [-0.1, -0.05) is 141 Å². The molecule has 2 nitrogen and oxygen atoms in total. The largest absolute Gasteiger partial charge is 0.228 e. The molecule has 6 aromatic carbocycles. The summed E-state index contributed by atoms with van der Waals surface area (Å²) in [5.74, 6) is 0.727. The highest BCUT2D eigenvalue weighted by atomic mass is 14.9. The lowest BCUT2D eigenvalue weighted by molar-refractivity contribution is 0.666. The minimum atomic E-state index is -0.0963. The number of rotatable bonds is 4. The van der Waals surface area contributed by atoms with Crippen LogP contribution >= 0.6 is 0 Å². The van der Waals surface area contributed by atoms with Crippen LogP contribution in [0.5, 0.6) is 0 Å².